The predicted octanol–water partition coefficient (Wildman–Crippen LogP) is 5.49. The van der Waals surface area contributed by atoms with Gasteiger partial charge >= 0.3 is 0 Å². The molecule has 0 amide bonds. The smallest absolute Gasteiger partial charge is 0.0188 e. The SMILES string of the molecule is CCCC(C)c1ccccc1C(C)CCC. The van der Waals surface area contributed by atoms with Gasteiger partial charge in [-0.25, -0.2) is 0 Å². The third-order valence-corrected chi connectivity index (χ3v) is 3.50. The van der Waals surface area contributed by atoms with Crippen molar-refractivity contribution in [2.24, 2.45) is 0 Å². The van der Waals surface area contributed by atoms with Crippen molar-refractivity contribution in [1.82, 2.24) is 0 Å². The number of hydrogen-bond donors (Lipinski definition) is 0. The van der Waals surface area contributed by atoms with Gasteiger partial charge in [0.15, 0.2) is 0 Å². The molecule has 0 N–H and O–H groups in total. The van der Waals surface area contributed by atoms with Crippen molar-refractivity contribution in [2.75, 3.05) is 0 Å². The molecule has 1 rings (SSSR count). The van der Waals surface area contributed by atoms with Gasteiger partial charge in [0.2, 0.25) is 0 Å². The maximum Gasteiger partial charge on any atom is -0.0188 e. The van der Waals surface area contributed by atoms with E-state index in [1.807, 2.05) is 0 Å². The van der Waals surface area contributed by atoms with E-state index in [0.29, 0.717) is 11.8 Å². The second-order valence-corrected chi connectivity index (χ2v) is 5.01. The first-order valence-electron chi connectivity index (χ1n) is 6.79. The summed E-state index contributed by atoms with van der Waals surface area (Å²) in [7, 11) is 0. The molecule has 0 heterocycles. The zero-order valence-electron chi connectivity index (χ0n) is 11.3. The number of rotatable bonds is 6. The molecule has 0 radical (unpaired) electrons. The molecular formula is C16H26. The second-order valence-electron chi connectivity index (χ2n) is 5.01. The zero-order valence-corrected chi connectivity index (χ0v) is 11.3. The fourth-order valence-corrected chi connectivity index (χ4v) is 2.59. The van der Waals surface area contributed by atoms with E-state index in [4.69, 9.17) is 0 Å². The van der Waals surface area contributed by atoms with E-state index in [1.54, 1.807) is 11.1 Å². The number of benzene rings is 1. The van der Waals surface area contributed by atoms with Crippen molar-refractivity contribution in [1.29, 1.82) is 0 Å². The molecule has 0 aliphatic rings. The molecule has 1 aromatic carbocycles. The lowest BCUT2D eigenvalue weighted by molar-refractivity contribution is 0.621. The lowest BCUT2D eigenvalue weighted by atomic mass is 9.85. The lowest BCUT2D eigenvalue weighted by Crippen LogP contribution is -2.02. The van der Waals surface area contributed by atoms with Crippen LogP contribution < -0.4 is 0 Å². The van der Waals surface area contributed by atoms with Crippen LogP contribution in [0.15, 0.2) is 24.3 Å². The molecule has 2 atom stereocenters. The van der Waals surface area contributed by atoms with Crippen molar-refractivity contribution in [3.05, 3.63) is 35.4 Å². The summed E-state index contributed by atoms with van der Waals surface area (Å²) in [6.07, 6.45) is 5.15. The van der Waals surface area contributed by atoms with Gasteiger partial charge in [0.1, 0.15) is 0 Å². The molecule has 2 unspecified atom stereocenters. The molecule has 90 valence electrons. The molecular weight excluding hydrogens is 192 g/mol. The zero-order chi connectivity index (χ0) is 12.0. The van der Waals surface area contributed by atoms with Crippen molar-refractivity contribution < 1.29 is 0 Å². The Balaban J connectivity index is 2.90. The van der Waals surface area contributed by atoms with Gasteiger partial charge in [-0.3, -0.25) is 0 Å². The first-order valence-corrected chi connectivity index (χ1v) is 6.79. The maximum absolute atomic E-state index is 2.36. The molecule has 0 aliphatic carbocycles. The van der Waals surface area contributed by atoms with Crippen LogP contribution in [-0.4, -0.2) is 0 Å². The van der Waals surface area contributed by atoms with Crippen LogP contribution in [0.1, 0.15) is 76.3 Å². The summed E-state index contributed by atoms with van der Waals surface area (Å²) in [5.41, 5.74) is 3.15. The van der Waals surface area contributed by atoms with Crippen LogP contribution in [0, 0.1) is 0 Å². The largest absolute Gasteiger partial charge is 0.0654 e. The van der Waals surface area contributed by atoms with Crippen molar-refractivity contribution in [3.63, 3.8) is 0 Å². The quantitative estimate of drug-likeness (QED) is 0.592. The highest BCUT2D eigenvalue weighted by atomic mass is 14.2. The Labute approximate surface area is 101 Å². The summed E-state index contributed by atoms with van der Waals surface area (Å²) >= 11 is 0. The predicted molar refractivity (Wildman–Crippen MR) is 73.1 cm³/mol. The van der Waals surface area contributed by atoms with Gasteiger partial charge < -0.3 is 0 Å². The van der Waals surface area contributed by atoms with Crippen LogP contribution in [-0.2, 0) is 0 Å². The first kappa shape index (κ1) is 13.3. The Morgan fingerprint density at radius 2 is 1.19 bits per heavy atom. The van der Waals surface area contributed by atoms with Crippen LogP contribution in [0.25, 0.3) is 0 Å². The lowest BCUT2D eigenvalue weighted by Gasteiger charge is -2.20. The highest BCUT2D eigenvalue weighted by Gasteiger charge is 2.13. The average Bonchev–Trinajstić information content (AvgIpc) is 2.30. The first-order chi connectivity index (χ1) is 7.70. The highest BCUT2D eigenvalue weighted by Crippen LogP contribution is 2.30. The van der Waals surface area contributed by atoms with E-state index < -0.39 is 0 Å². The maximum atomic E-state index is 2.36. The van der Waals surface area contributed by atoms with E-state index in [-0.39, 0.29) is 0 Å². The topological polar surface area (TPSA) is 0 Å². The van der Waals surface area contributed by atoms with Gasteiger partial charge in [0.25, 0.3) is 0 Å². The van der Waals surface area contributed by atoms with Gasteiger partial charge in [-0.1, -0.05) is 64.8 Å². The molecule has 0 saturated carbocycles. The van der Waals surface area contributed by atoms with Crippen molar-refractivity contribution in [3.8, 4) is 0 Å². The molecule has 0 saturated heterocycles. The summed E-state index contributed by atoms with van der Waals surface area (Å²) in [6, 6.07) is 9.01. The van der Waals surface area contributed by atoms with E-state index in [0.717, 1.165) is 0 Å². The molecule has 0 heteroatoms. The average molecular weight is 218 g/mol. The Hall–Kier alpha value is -0.780. The van der Waals surface area contributed by atoms with Crippen LogP contribution in [0.3, 0.4) is 0 Å². The van der Waals surface area contributed by atoms with E-state index >= 15 is 0 Å². The Morgan fingerprint density at radius 1 is 0.812 bits per heavy atom. The van der Waals surface area contributed by atoms with Gasteiger partial charge in [-0.15, -0.1) is 0 Å². The van der Waals surface area contributed by atoms with Crippen LogP contribution in [0.5, 0.6) is 0 Å². The minimum atomic E-state index is 0.709. The third kappa shape index (κ3) is 3.37. The van der Waals surface area contributed by atoms with Crippen molar-refractivity contribution in [2.45, 2.75) is 65.2 Å². The molecule has 0 spiro atoms. The Morgan fingerprint density at radius 3 is 1.50 bits per heavy atom. The van der Waals surface area contributed by atoms with E-state index in [2.05, 4.69) is 52.0 Å². The molecule has 0 bridgehead atoms. The van der Waals surface area contributed by atoms with Gasteiger partial charge in [-0.2, -0.15) is 0 Å². The number of hydrogen-bond acceptors (Lipinski definition) is 0. The van der Waals surface area contributed by atoms with Crippen LogP contribution >= 0.6 is 0 Å². The minimum Gasteiger partial charge on any atom is -0.0654 e. The summed E-state index contributed by atoms with van der Waals surface area (Å²) in [6.45, 7) is 9.27. The molecule has 0 aliphatic heterocycles. The third-order valence-electron chi connectivity index (χ3n) is 3.50. The van der Waals surface area contributed by atoms with Crippen LogP contribution in [0.4, 0.5) is 0 Å². The minimum absolute atomic E-state index is 0.709. The summed E-state index contributed by atoms with van der Waals surface area (Å²) in [4.78, 5) is 0. The standard InChI is InChI=1S/C16H26/c1-5-9-13(3)15-11-7-8-12-16(15)14(4)10-6-2/h7-8,11-14H,5-6,9-10H2,1-4H3. The summed E-state index contributed by atoms with van der Waals surface area (Å²) in [5, 5.41) is 0. The molecule has 16 heavy (non-hydrogen) atoms. The van der Waals surface area contributed by atoms with Gasteiger partial charge in [-0.05, 0) is 35.8 Å². The van der Waals surface area contributed by atoms with Gasteiger partial charge in [0.05, 0.1) is 0 Å². The Kier molecular flexibility index (Phi) is 5.59. The fraction of sp³-hybridized carbons (Fsp3) is 0.625. The monoisotopic (exact) mass is 218 g/mol. The summed E-state index contributed by atoms with van der Waals surface area (Å²) < 4.78 is 0. The normalized spacial score (nSPS) is 14.8. The second kappa shape index (κ2) is 6.73. The fourth-order valence-electron chi connectivity index (χ4n) is 2.59. The molecule has 1 aromatic rings. The highest BCUT2D eigenvalue weighted by molar-refractivity contribution is 5.32. The molecule has 0 aromatic heterocycles. The van der Waals surface area contributed by atoms with Crippen molar-refractivity contribution >= 4 is 0 Å². The van der Waals surface area contributed by atoms with E-state index in [9.17, 15) is 0 Å². The van der Waals surface area contributed by atoms with Crippen LogP contribution in [0.2, 0.25) is 0 Å². The van der Waals surface area contributed by atoms with E-state index in [1.165, 1.54) is 25.7 Å². The van der Waals surface area contributed by atoms with Gasteiger partial charge in [0, 0.05) is 0 Å². The molecule has 0 nitrogen and oxygen atoms in total. The molecule has 0 fully saturated rings. The Bertz CT molecular complexity index is 270. The summed E-state index contributed by atoms with van der Waals surface area (Å²) in [5.74, 6) is 1.42.